The minimum atomic E-state index is 0.540. The van der Waals surface area contributed by atoms with Gasteiger partial charge in [-0.2, -0.15) is 0 Å². The zero-order valence-corrected chi connectivity index (χ0v) is 8.94. The van der Waals surface area contributed by atoms with Gasteiger partial charge < -0.3 is 5.32 Å². The quantitative estimate of drug-likeness (QED) is 0.502. The monoisotopic (exact) mass is 198 g/mol. The van der Waals surface area contributed by atoms with Crippen LogP contribution < -0.4 is 10.0 Å². The molecule has 1 atom stereocenters. The van der Waals surface area contributed by atoms with Crippen molar-refractivity contribution < 1.29 is 0 Å². The molecule has 0 saturated carbocycles. The molecule has 0 aliphatic heterocycles. The first-order chi connectivity index (χ1) is 6.43. The minimum Gasteiger partial charge on any atom is -0.309 e. The number of allylic oxidation sites excluding steroid dienone is 2. The Balaban J connectivity index is 1.93. The lowest BCUT2D eigenvalue weighted by molar-refractivity contribution is 0.595. The number of rotatable bonds is 6. The van der Waals surface area contributed by atoms with E-state index < -0.39 is 0 Å². The maximum Gasteiger partial charge on any atom is 0.0288 e. The van der Waals surface area contributed by atoms with Crippen molar-refractivity contribution in [3.8, 4) is 0 Å². The molecule has 0 aromatic carbocycles. The molecule has 0 spiro atoms. The van der Waals surface area contributed by atoms with Crippen LogP contribution in [0, 0.1) is 0 Å². The molecule has 1 aliphatic carbocycles. The van der Waals surface area contributed by atoms with Crippen molar-refractivity contribution in [3.05, 3.63) is 24.3 Å². The van der Waals surface area contributed by atoms with E-state index in [1.807, 2.05) is 0 Å². The van der Waals surface area contributed by atoms with Crippen LogP contribution in [-0.2, 0) is 0 Å². The lowest BCUT2D eigenvalue weighted by Crippen LogP contribution is -2.32. The summed E-state index contributed by atoms with van der Waals surface area (Å²) in [6.07, 6.45) is 9.75. The molecule has 1 rings (SSSR count). The summed E-state index contributed by atoms with van der Waals surface area (Å²) >= 11 is 1.77. The Bertz CT molecular complexity index is 178. The van der Waals surface area contributed by atoms with Gasteiger partial charge in [0.25, 0.3) is 0 Å². The highest BCUT2D eigenvalue weighted by atomic mass is 32.2. The maximum absolute atomic E-state index is 3.47. The largest absolute Gasteiger partial charge is 0.309 e. The molecule has 0 aromatic heterocycles. The molecule has 74 valence electrons. The predicted molar refractivity (Wildman–Crippen MR) is 60.8 cm³/mol. The van der Waals surface area contributed by atoms with Crippen molar-refractivity contribution in [2.75, 3.05) is 18.8 Å². The van der Waals surface area contributed by atoms with Crippen molar-refractivity contribution in [1.82, 2.24) is 10.0 Å². The third kappa shape index (κ3) is 5.13. The average molecular weight is 198 g/mol. The fraction of sp³-hybridized carbons (Fsp3) is 0.600. The van der Waals surface area contributed by atoms with Crippen LogP contribution in [0.15, 0.2) is 24.3 Å². The lowest BCUT2D eigenvalue weighted by atomic mass is 10.1. The van der Waals surface area contributed by atoms with Gasteiger partial charge in [-0.05, 0) is 6.42 Å². The molecular weight excluding hydrogens is 180 g/mol. The molecule has 13 heavy (non-hydrogen) atoms. The van der Waals surface area contributed by atoms with Gasteiger partial charge in [0.2, 0.25) is 0 Å². The van der Waals surface area contributed by atoms with Crippen LogP contribution in [0.25, 0.3) is 0 Å². The maximum atomic E-state index is 3.47. The first kappa shape index (κ1) is 10.8. The number of hydrogen-bond donors (Lipinski definition) is 2. The summed E-state index contributed by atoms with van der Waals surface area (Å²) in [5.74, 6) is 1.13. The summed E-state index contributed by atoms with van der Waals surface area (Å²) in [5, 5.41) is 3.47. The first-order valence-electron chi connectivity index (χ1n) is 4.85. The zero-order chi connectivity index (χ0) is 9.36. The highest BCUT2D eigenvalue weighted by Gasteiger charge is 2.02. The molecule has 0 bridgehead atoms. The SMILES string of the molecule is CCSNCCNC1C=CC=CC1. The standard InChI is InChI=1S/C10H18N2S/c1-2-13-12-9-8-11-10-6-4-3-5-7-10/h3-6,10-12H,2,7-9H2,1H3. The van der Waals surface area contributed by atoms with Gasteiger partial charge >= 0.3 is 0 Å². The lowest BCUT2D eigenvalue weighted by Gasteiger charge is -2.14. The Morgan fingerprint density at radius 2 is 2.31 bits per heavy atom. The molecule has 3 heteroatoms. The van der Waals surface area contributed by atoms with Gasteiger partial charge in [-0.1, -0.05) is 43.2 Å². The van der Waals surface area contributed by atoms with Crippen molar-refractivity contribution in [2.45, 2.75) is 19.4 Å². The average Bonchev–Trinajstić information content (AvgIpc) is 2.19. The molecule has 2 nitrogen and oxygen atoms in total. The highest BCUT2D eigenvalue weighted by molar-refractivity contribution is 7.97. The van der Waals surface area contributed by atoms with Crippen LogP contribution in [0.2, 0.25) is 0 Å². The van der Waals surface area contributed by atoms with E-state index in [0.717, 1.165) is 25.3 Å². The normalized spacial score (nSPS) is 20.8. The van der Waals surface area contributed by atoms with Gasteiger partial charge in [0.15, 0.2) is 0 Å². The van der Waals surface area contributed by atoms with Crippen molar-refractivity contribution in [1.29, 1.82) is 0 Å². The minimum absolute atomic E-state index is 0.540. The van der Waals surface area contributed by atoms with E-state index in [2.05, 4.69) is 41.3 Å². The Labute approximate surface area is 85.0 Å². The molecule has 0 fully saturated rings. The van der Waals surface area contributed by atoms with Crippen LogP contribution in [-0.4, -0.2) is 24.9 Å². The van der Waals surface area contributed by atoms with Crippen molar-refractivity contribution >= 4 is 11.9 Å². The summed E-state index contributed by atoms with van der Waals surface area (Å²) < 4.78 is 3.29. The van der Waals surface area contributed by atoms with E-state index in [1.54, 1.807) is 11.9 Å². The predicted octanol–water partition coefficient (Wildman–Crippen LogP) is 1.72. The summed E-state index contributed by atoms with van der Waals surface area (Å²) in [4.78, 5) is 0. The number of hydrogen-bond acceptors (Lipinski definition) is 3. The molecular formula is C10H18N2S. The number of nitrogens with one attached hydrogen (secondary N) is 2. The Morgan fingerprint density at radius 3 is 3.00 bits per heavy atom. The van der Waals surface area contributed by atoms with Gasteiger partial charge in [-0.3, -0.25) is 4.72 Å². The molecule has 1 aliphatic rings. The van der Waals surface area contributed by atoms with Crippen LogP contribution >= 0.6 is 11.9 Å². The summed E-state index contributed by atoms with van der Waals surface area (Å²) in [6, 6.07) is 0.540. The van der Waals surface area contributed by atoms with E-state index >= 15 is 0 Å². The Hall–Kier alpha value is -0.250. The summed E-state index contributed by atoms with van der Waals surface area (Å²) in [5.41, 5.74) is 0. The first-order valence-corrected chi connectivity index (χ1v) is 5.83. The second kappa shape index (κ2) is 7.18. The topological polar surface area (TPSA) is 24.1 Å². The fourth-order valence-electron chi connectivity index (χ4n) is 1.21. The van der Waals surface area contributed by atoms with Crippen molar-refractivity contribution in [3.63, 3.8) is 0 Å². The van der Waals surface area contributed by atoms with E-state index in [0.29, 0.717) is 6.04 Å². The molecule has 0 heterocycles. The van der Waals surface area contributed by atoms with Crippen LogP contribution in [0.3, 0.4) is 0 Å². The second-order valence-corrected chi connectivity index (χ2v) is 4.09. The van der Waals surface area contributed by atoms with Crippen molar-refractivity contribution in [2.24, 2.45) is 0 Å². The molecule has 0 radical (unpaired) electrons. The summed E-state index contributed by atoms with van der Waals surface area (Å²) in [6.45, 7) is 4.22. The van der Waals surface area contributed by atoms with Gasteiger partial charge in [-0.15, -0.1) is 0 Å². The third-order valence-corrected chi connectivity index (χ3v) is 2.56. The molecule has 0 saturated heterocycles. The Kier molecular flexibility index (Phi) is 5.98. The molecule has 0 aromatic rings. The third-order valence-electron chi connectivity index (χ3n) is 1.86. The van der Waals surface area contributed by atoms with E-state index in [1.165, 1.54) is 0 Å². The van der Waals surface area contributed by atoms with Crippen LogP contribution in [0.1, 0.15) is 13.3 Å². The van der Waals surface area contributed by atoms with Gasteiger partial charge in [-0.25, -0.2) is 0 Å². The van der Waals surface area contributed by atoms with Crippen LogP contribution in [0.5, 0.6) is 0 Å². The zero-order valence-electron chi connectivity index (χ0n) is 8.12. The Morgan fingerprint density at radius 1 is 1.38 bits per heavy atom. The smallest absolute Gasteiger partial charge is 0.0288 e. The molecule has 0 amide bonds. The van der Waals surface area contributed by atoms with E-state index in [-0.39, 0.29) is 0 Å². The van der Waals surface area contributed by atoms with E-state index in [9.17, 15) is 0 Å². The fourth-order valence-corrected chi connectivity index (χ4v) is 1.67. The van der Waals surface area contributed by atoms with Gasteiger partial charge in [0, 0.05) is 24.9 Å². The van der Waals surface area contributed by atoms with Gasteiger partial charge in [0.1, 0.15) is 0 Å². The molecule has 2 N–H and O–H groups in total. The van der Waals surface area contributed by atoms with Crippen LogP contribution in [0.4, 0.5) is 0 Å². The molecule has 1 unspecified atom stereocenters. The van der Waals surface area contributed by atoms with E-state index in [4.69, 9.17) is 0 Å². The summed E-state index contributed by atoms with van der Waals surface area (Å²) in [7, 11) is 0. The van der Waals surface area contributed by atoms with Gasteiger partial charge in [0.05, 0.1) is 0 Å². The second-order valence-electron chi connectivity index (χ2n) is 2.94. The highest BCUT2D eigenvalue weighted by Crippen LogP contribution is 2.01.